The number of sulfonamides is 1. The van der Waals surface area contributed by atoms with Crippen LogP contribution in [-0.4, -0.2) is 14.3 Å². The number of carbonyl (C=O) groups is 1. The summed E-state index contributed by atoms with van der Waals surface area (Å²) in [6.45, 7) is 5.63. The summed E-state index contributed by atoms with van der Waals surface area (Å²) in [7, 11) is -3.73. The van der Waals surface area contributed by atoms with E-state index in [9.17, 15) is 13.2 Å². The van der Waals surface area contributed by atoms with Crippen molar-refractivity contribution in [3.63, 3.8) is 0 Å². The molecule has 1 aromatic heterocycles. The predicted octanol–water partition coefficient (Wildman–Crippen LogP) is 4.66. The molecule has 0 bridgehead atoms. The SMILES string of the molecule is Cc1cc(C)cc(NS(=O)(=O)c2ccc(NC(=O)/C=C/c3ccc(C)o3)cc2)c1. The zero-order valence-corrected chi connectivity index (χ0v) is 17.2. The maximum absolute atomic E-state index is 12.6. The van der Waals surface area contributed by atoms with E-state index < -0.39 is 10.0 Å². The lowest BCUT2D eigenvalue weighted by molar-refractivity contribution is -0.111. The second kappa shape index (κ2) is 8.36. The summed E-state index contributed by atoms with van der Waals surface area (Å²) in [5.74, 6) is 0.996. The Morgan fingerprint density at radius 3 is 2.14 bits per heavy atom. The van der Waals surface area contributed by atoms with Crippen LogP contribution in [-0.2, 0) is 14.8 Å². The van der Waals surface area contributed by atoms with Gasteiger partial charge in [0.2, 0.25) is 5.91 Å². The van der Waals surface area contributed by atoms with Gasteiger partial charge in [-0.2, -0.15) is 0 Å². The van der Waals surface area contributed by atoms with Crippen molar-refractivity contribution in [2.24, 2.45) is 0 Å². The second-order valence-electron chi connectivity index (χ2n) is 6.78. The lowest BCUT2D eigenvalue weighted by Crippen LogP contribution is -2.13. The predicted molar refractivity (Wildman–Crippen MR) is 114 cm³/mol. The van der Waals surface area contributed by atoms with Crippen LogP contribution in [0.1, 0.15) is 22.6 Å². The van der Waals surface area contributed by atoms with E-state index in [1.807, 2.05) is 32.9 Å². The van der Waals surface area contributed by atoms with Crippen LogP contribution in [0.25, 0.3) is 6.08 Å². The molecule has 6 nitrogen and oxygen atoms in total. The molecule has 0 aliphatic rings. The van der Waals surface area contributed by atoms with Gasteiger partial charge in [-0.3, -0.25) is 9.52 Å². The third kappa shape index (κ3) is 5.58. The number of hydrogen-bond donors (Lipinski definition) is 2. The number of rotatable bonds is 6. The molecular formula is C22H22N2O4S. The summed E-state index contributed by atoms with van der Waals surface area (Å²) in [6.07, 6.45) is 2.92. The number of carbonyl (C=O) groups excluding carboxylic acids is 1. The van der Waals surface area contributed by atoms with Crippen molar-refractivity contribution in [1.82, 2.24) is 0 Å². The highest BCUT2D eigenvalue weighted by Crippen LogP contribution is 2.20. The molecular weight excluding hydrogens is 388 g/mol. The second-order valence-corrected chi connectivity index (χ2v) is 8.46. The normalized spacial score (nSPS) is 11.6. The zero-order chi connectivity index (χ0) is 21.0. The number of aryl methyl sites for hydroxylation is 3. The van der Waals surface area contributed by atoms with Gasteiger partial charge in [-0.15, -0.1) is 0 Å². The van der Waals surface area contributed by atoms with Crippen LogP contribution in [0.5, 0.6) is 0 Å². The van der Waals surface area contributed by atoms with Crippen LogP contribution < -0.4 is 10.0 Å². The van der Waals surface area contributed by atoms with Crippen molar-refractivity contribution in [1.29, 1.82) is 0 Å². The Bertz CT molecular complexity index is 1140. The Morgan fingerprint density at radius 2 is 1.55 bits per heavy atom. The molecule has 0 fully saturated rings. The molecule has 0 unspecified atom stereocenters. The average Bonchev–Trinajstić information content (AvgIpc) is 3.04. The van der Waals surface area contributed by atoms with E-state index in [4.69, 9.17) is 4.42 Å². The smallest absolute Gasteiger partial charge is 0.261 e. The fraction of sp³-hybridized carbons (Fsp3) is 0.136. The topological polar surface area (TPSA) is 88.4 Å². The Morgan fingerprint density at radius 1 is 0.897 bits per heavy atom. The van der Waals surface area contributed by atoms with Gasteiger partial charge >= 0.3 is 0 Å². The summed E-state index contributed by atoms with van der Waals surface area (Å²) >= 11 is 0. The molecule has 2 N–H and O–H groups in total. The molecule has 0 spiro atoms. The number of hydrogen-bond acceptors (Lipinski definition) is 4. The summed E-state index contributed by atoms with van der Waals surface area (Å²) in [5.41, 5.74) is 2.94. The Balaban J connectivity index is 1.67. The molecule has 29 heavy (non-hydrogen) atoms. The quantitative estimate of drug-likeness (QED) is 0.579. The minimum absolute atomic E-state index is 0.108. The Kier molecular flexibility index (Phi) is 5.89. The first-order valence-corrected chi connectivity index (χ1v) is 10.5. The Hall–Kier alpha value is -3.32. The highest BCUT2D eigenvalue weighted by atomic mass is 32.2. The first kappa shape index (κ1) is 20.4. The molecule has 0 atom stereocenters. The van der Waals surface area contributed by atoms with Crippen molar-refractivity contribution in [3.05, 3.63) is 83.3 Å². The molecule has 0 saturated carbocycles. The van der Waals surface area contributed by atoms with E-state index in [2.05, 4.69) is 10.0 Å². The standard InChI is InChI=1S/C22H22N2O4S/c1-15-12-16(2)14-19(13-15)24-29(26,27)21-9-5-18(6-10-21)23-22(25)11-8-20-7-4-17(3)28-20/h4-14,24H,1-3H3,(H,23,25)/b11-8+. The van der Waals surface area contributed by atoms with Crippen LogP contribution in [0.2, 0.25) is 0 Å². The molecule has 7 heteroatoms. The fourth-order valence-corrected chi connectivity index (χ4v) is 3.89. The van der Waals surface area contributed by atoms with Crippen LogP contribution in [0, 0.1) is 20.8 Å². The minimum Gasteiger partial charge on any atom is -0.462 e. The van der Waals surface area contributed by atoms with E-state index in [0.717, 1.165) is 16.9 Å². The number of anilines is 2. The van der Waals surface area contributed by atoms with Gasteiger partial charge in [0.1, 0.15) is 11.5 Å². The molecule has 1 amide bonds. The molecule has 0 aliphatic heterocycles. The van der Waals surface area contributed by atoms with E-state index in [-0.39, 0.29) is 10.8 Å². The van der Waals surface area contributed by atoms with Gasteiger partial charge in [-0.1, -0.05) is 6.07 Å². The van der Waals surface area contributed by atoms with Gasteiger partial charge in [-0.25, -0.2) is 8.42 Å². The molecule has 3 rings (SSSR count). The molecule has 0 aliphatic carbocycles. The van der Waals surface area contributed by atoms with Gasteiger partial charge < -0.3 is 9.73 Å². The Labute approximate surface area is 170 Å². The van der Waals surface area contributed by atoms with E-state index in [1.54, 1.807) is 36.4 Å². The van der Waals surface area contributed by atoms with Gasteiger partial charge in [0.15, 0.2) is 0 Å². The third-order valence-electron chi connectivity index (χ3n) is 4.07. The summed E-state index contributed by atoms with van der Waals surface area (Å²) < 4.78 is 33.1. The van der Waals surface area contributed by atoms with Gasteiger partial charge in [-0.05, 0) is 86.5 Å². The van der Waals surface area contributed by atoms with E-state index in [1.165, 1.54) is 18.2 Å². The van der Waals surface area contributed by atoms with Crippen LogP contribution >= 0.6 is 0 Å². The highest BCUT2D eigenvalue weighted by Gasteiger charge is 2.14. The monoisotopic (exact) mass is 410 g/mol. The lowest BCUT2D eigenvalue weighted by Gasteiger charge is -2.10. The maximum atomic E-state index is 12.6. The molecule has 0 saturated heterocycles. The number of amides is 1. The van der Waals surface area contributed by atoms with E-state index in [0.29, 0.717) is 17.1 Å². The molecule has 150 valence electrons. The van der Waals surface area contributed by atoms with Crippen molar-refractivity contribution in [3.8, 4) is 0 Å². The maximum Gasteiger partial charge on any atom is 0.261 e. The van der Waals surface area contributed by atoms with Crippen LogP contribution in [0.3, 0.4) is 0 Å². The van der Waals surface area contributed by atoms with Gasteiger partial charge in [0.05, 0.1) is 4.90 Å². The summed E-state index contributed by atoms with van der Waals surface area (Å²) in [6, 6.07) is 15.1. The first-order chi connectivity index (χ1) is 13.7. The third-order valence-corrected chi connectivity index (χ3v) is 5.46. The van der Waals surface area contributed by atoms with E-state index >= 15 is 0 Å². The van der Waals surface area contributed by atoms with Crippen molar-refractivity contribution < 1.29 is 17.6 Å². The van der Waals surface area contributed by atoms with Crippen molar-refractivity contribution >= 4 is 33.4 Å². The van der Waals surface area contributed by atoms with Crippen molar-refractivity contribution in [2.45, 2.75) is 25.7 Å². The zero-order valence-electron chi connectivity index (χ0n) is 16.4. The minimum atomic E-state index is -3.73. The number of benzene rings is 2. The molecule has 3 aromatic rings. The molecule has 0 radical (unpaired) electrons. The first-order valence-electron chi connectivity index (χ1n) is 8.98. The number of nitrogens with one attached hydrogen (secondary N) is 2. The highest BCUT2D eigenvalue weighted by molar-refractivity contribution is 7.92. The lowest BCUT2D eigenvalue weighted by atomic mass is 10.1. The molecule has 2 aromatic carbocycles. The van der Waals surface area contributed by atoms with Gasteiger partial charge in [0.25, 0.3) is 10.0 Å². The summed E-state index contributed by atoms with van der Waals surface area (Å²) in [5, 5.41) is 2.68. The molecule has 1 heterocycles. The average molecular weight is 410 g/mol. The number of furan rings is 1. The summed E-state index contributed by atoms with van der Waals surface area (Å²) in [4.78, 5) is 12.1. The largest absolute Gasteiger partial charge is 0.462 e. The van der Waals surface area contributed by atoms with Crippen LogP contribution in [0.15, 0.2) is 70.0 Å². The fourth-order valence-electron chi connectivity index (χ4n) is 2.85. The van der Waals surface area contributed by atoms with Gasteiger partial charge in [0, 0.05) is 17.5 Å². The van der Waals surface area contributed by atoms with Crippen LogP contribution in [0.4, 0.5) is 11.4 Å². The van der Waals surface area contributed by atoms with Crippen molar-refractivity contribution in [2.75, 3.05) is 10.0 Å².